The van der Waals surface area contributed by atoms with Crippen molar-refractivity contribution in [3.05, 3.63) is 80.0 Å². The van der Waals surface area contributed by atoms with Crippen LogP contribution in [0.1, 0.15) is 63.0 Å². The number of benzene rings is 2. The lowest BCUT2D eigenvalue weighted by atomic mass is 9.84. The van der Waals surface area contributed by atoms with Crippen molar-refractivity contribution < 1.29 is 4.92 Å². The van der Waals surface area contributed by atoms with Gasteiger partial charge in [-0.15, -0.1) is 11.3 Å². The molecule has 1 saturated carbocycles. The fourth-order valence-corrected chi connectivity index (χ4v) is 5.13. The number of non-ortho nitro benzene ring substituents is 1. The van der Waals surface area contributed by atoms with Crippen LogP contribution in [-0.2, 0) is 0 Å². The average molecular weight is 449 g/mol. The van der Waals surface area contributed by atoms with E-state index >= 15 is 0 Å². The Morgan fingerprint density at radius 1 is 1.09 bits per heavy atom. The zero-order valence-corrected chi connectivity index (χ0v) is 19.3. The molecular weight excluding hydrogens is 420 g/mol. The second kappa shape index (κ2) is 10.0. The van der Waals surface area contributed by atoms with Crippen molar-refractivity contribution >= 4 is 22.7 Å². The largest absolute Gasteiger partial charge is 0.269 e. The SMILES string of the molecule is CCN=c1scc(-c2ccc(C3CCCCC3)cc2)n1N=C(C)c1ccc([N+](=O)[O-])cc1. The van der Waals surface area contributed by atoms with Crippen LogP contribution in [-0.4, -0.2) is 21.9 Å². The smallest absolute Gasteiger partial charge is 0.258 e. The molecule has 0 amide bonds. The molecule has 2 aromatic carbocycles. The van der Waals surface area contributed by atoms with Gasteiger partial charge in [0.2, 0.25) is 4.80 Å². The molecule has 1 heterocycles. The molecule has 0 bridgehead atoms. The summed E-state index contributed by atoms with van der Waals surface area (Å²) in [6.45, 7) is 4.60. The quantitative estimate of drug-likeness (QED) is 0.250. The van der Waals surface area contributed by atoms with Crippen LogP contribution in [0.4, 0.5) is 5.69 Å². The molecule has 0 unspecified atom stereocenters. The zero-order chi connectivity index (χ0) is 22.5. The molecule has 0 N–H and O–H groups in total. The molecule has 3 aromatic rings. The lowest BCUT2D eigenvalue weighted by Gasteiger charge is -2.22. The maximum Gasteiger partial charge on any atom is 0.269 e. The van der Waals surface area contributed by atoms with Gasteiger partial charge in [-0.25, -0.2) is 4.68 Å². The number of nitrogens with zero attached hydrogens (tertiary/aromatic N) is 4. The molecule has 7 heteroatoms. The second-order valence-corrected chi connectivity index (χ2v) is 8.97. The summed E-state index contributed by atoms with van der Waals surface area (Å²) < 4.78 is 1.89. The molecule has 0 saturated heterocycles. The predicted molar refractivity (Wildman–Crippen MR) is 130 cm³/mol. The molecule has 1 aliphatic rings. The molecule has 0 atom stereocenters. The van der Waals surface area contributed by atoms with Gasteiger partial charge < -0.3 is 0 Å². The van der Waals surface area contributed by atoms with E-state index in [1.54, 1.807) is 23.5 Å². The molecule has 0 aliphatic heterocycles. The van der Waals surface area contributed by atoms with Gasteiger partial charge in [0.25, 0.3) is 5.69 Å². The molecule has 32 heavy (non-hydrogen) atoms. The van der Waals surface area contributed by atoms with E-state index in [1.165, 1.54) is 49.8 Å². The second-order valence-electron chi connectivity index (χ2n) is 8.14. The van der Waals surface area contributed by atoms with Gasteiger partial charge in [0.15, 0.2) is 0 Å². The van der Waals surface area contributed by atoms with E-state index in [-0.39, 0.29) is 5.69 Å². The predicted octanol–water partition coefficient (Wildman–Crippen LogP) is 6.37. The number of thiazole rings is 1. The molecule has 1 fully saturated rings. The summed E-state index contributed by atoms with van der Waals surface area (Å²) in [6, 6.07) is 15.4. The molecule has 1 aromatic heterocycles. The Bertz CT molecular complexity index is 1170. The maximum absolute atomic E-state index is 10.9. The van der Waals surface area contributed by atoms with Crippen molar-refractivity contribution in [2.24, 2.45) is 10.1 Å². The van der Waals surface area contributed by atoms with Gasteiger partial charge in [0.05, 0.1) is 16.3 Å². The van der Waals surface area contributed by atoms with Crippen LogP contribution >= 0.6 is 11.3 Å². The normalized spacial score (nSPS) is 15.8. The van der Waals surface area contributed by atoms with E-state index in [2.05, 4.69) is 34.6 Å². The Morgan fingerprint density at radius 3 is 2.41 bits per heavy atom. The minimum Gasteiger partial charge on any atom is -0.258 e. The highest BCUT2D eigenvalue weighted by Crippen LogP contribution is 2.33. The molecule has 1 aliphatic carbocycles. The average Bonchev–Trinajstić information content (AvgIpc) is 3.22. The number of nitro benzene ring substituents is 1. The van der Waals surface area contributed by atoms with Gasteiger partial charge in [-0.05, 0) is 55.9 Å². The van der Waals surface area contributed by atoms with Crippen molar-refractivity contribution in [2.75, 3.05) is 6.54 Å². The third-order valence-electron chi connectivity index (χ3n) is 6.01. The highest BCUT2D eigenvalue weighted by atomic mass is 32.1. The summed E-state index contributed by atoms with van der Waals surface area (Å²) in [6.07, 6.45) is 6.59. The Balaban J connectivity index is 1.68. The van der Waals surface area contributed by atoms with Crippen molar-refractivity contribution in [2.45, 2.75) is 51.9 Å². The van der Waals surface area contributed by atoms with E-state index < -0.39 is 4.92 Å². The van der Waals surface area contributed by atoms with Gasteiger partial charge in [0.1, 0.15) is 0 Å². The summed E-state index contributed by atoms with van der Waals surface area (Å²) in [5.41, 5.74) is 5.23. The van der Waals surface area contributed by atoms with E-state index in [1.807, 2.05) is 18.5 Å². The number of nitro groups is 1. The lowest BCUT2D eigenvalue weighted by molar-refractivity contribution is -0.384. The van der Waals surface area contributed by atoms with E-state index in [0.29, 0.717) is 12.5 Å². The van der Waals surface area contributed by atoms with Crippen LogP contribution < -0.4 is 4.80 Å². The number of hydrogen-bond acceptors (Lipinski definition) is 5. The van der Waals surface area contributed by atoms with Crippen LogP contribution in [0.25, 0.3) is 11.3 Å². The first-order valence-corrected chi connectivity index (χ1v) is 12.1. The monoisotopic (exact) mass is 448 g/mol. The number of rotatable bonds is 6. The lowest BCUT2D eigenvalue weighted by Crippen LogP contribution is -2.14. The summed E-state index contributed by atoms with van der Waals surface area (Å²) in [5.74, 6) is 0.681. The summed E-state index contributed by atoms with van der Waals surface area (Å²) in [7, 11) is 0. The van der Waals surface area contributed by atoms with Crippen molar-refractivity contribution in [3.8, 4) is 11.3 Å². The topological polar surface area (TPSA) is 72.8 Å². The van der Waals surface area contributed by atoms with Gasteiger partial charge in [-0.2, -0.15) is 5.10 Å². The van der Waals surface area contributed by atoms with Crippen molar-refractivity contribution in [1.82, 2.24) is 4.68 Å². The van der Waals surface area contributed by atoms with Gasteiger partial charge >= 0.3 is 0 Å². The van der Waals surface area contributed by atoms with Crippen LogP contribution in [0.5, 0.6) is 0 Å². The summed E-state index contributed by atoms with van der Waals surface area (Å²) in [4.78, 5) is 16.0. The Hall–Kier alpha value is -3.06. The number of aromatic nitrogens is 1. The molecular formula is C25H28N4O2S. The molecule has 6 nitrogen and oxygen atoms in total. The van der Waals surface area contributed by atoms with Crippen LogP contribution in [0.3, 0.4) is 0 Å². The summed E-state index contributed by atoms with van der Waals surface area (Å²) in [5, 5.41) is 17.9. The first-order chi connectivity index (χ1) is 15.6. The molecule has 0 radical (unpaired) electrons. The van der Waals surface area contributed by atoms with E-state index in [0.717, 1.165) is 27.3 Å². The molecule has 4 rings (SSSR count). The fraction of sp³-hybridized carbons (Fsp3) is 0.360. The van der Waals surface area contributed by atoms with Gasteiger partial charge in [0, 0.05) is 29.6 Å². The first-order valence-electron chi connectivity index (χ1n) is 11.2. The number of hydrogen-bond donors (Lipinski definition) is 0. The molecule has 0 spiro atoms. The zero-order valence-electron chi connectivity index (χ0n) is 18.5. The standard InChI is InChI=1S/C25H28N4O2S/c1-3-26-25-28(27-18(2)19-13-15-23(16-14-19)29(30)31)24(17-32-25)22-11-9-21(10-12-22)20-7-5-4-6-8-20/h9-17,20H,3-8H2,1-2H3. The highest BCUT2D eigenvalue weighted by Gasteiger charge is 2.16. The Kier molecular flexibility index (Phi) is 6.95. The fourth-order valence-electron chi connectivity index (χ4n) is 4.23. The van der Waals surface area contributed by atoms with E-state index in [9.17, 15) is 10.1 Å². The van der Waals surface area contributed by atoms with Crippen molar-refractivity contribution in [3.63, 3.8) is 0 Å². The van der Waals surface area contributed by atoms with Crippen LogP contribution in [0.15, 0.2) is 64.0 Å². The minimum absolute atomic E-state index is 0.0742. The first kappa shape index (κ1) is 22.1. The van der Waals surface area contributed by atoms with Crippen LogP contribution in [0, 0.1) is 10.1 Å². The third kappa shape index (κ3) is 4.88. The van der Waals surface area contributed by atoms with Crippen molar-refractivity contribution in [1.29, 1.82) is 0 Å². The Labute approximate surface area is 192 Å². The highest BCUT2D eigenvalue weighted by molar-refractivity contribution is 7.07. The minimum atomic E-state index is -0.392. The summed E-state index contributed by atoms with van der Waals surface area (Å²) >= 11 is 1.57. The van der Waals surface area contributed by atoms with E-state index in [4.69, 9.17) is 5.10 Å². The van der Waals surface area contributed by atoms with Gasteiger partial charge in [-0.1, -0.05) is 43.5 Å². The third-order valence-corrected chi connectivity index (χ3v) is 6.86. The maximum atomic E-state index is 10.9. The molecule has 166 valence electrons. The van der Waals surface area contributed by atoms with Gasteiger partial charge in [-0.3, -0.25) is 15.1 Å². The van der Waals surface area contributed by atoms with Crippen LogP contribution in [0.2, 0.25) is 0 Å². The Morgan fingerprint density at radius 2 is 1.78 bits per heavy atom.